The van der Waals surface area contributed by atoms with Crippen LogP contribution in [0.3, 0.4) is 0 Å². The average Bonchev–Trinajstić information content (AvgIpc) is 3.32. The van der Waals surface area contributed by atoms with E-state index in [1.165, 1.54) is 13.3 Å². The third-order valence-electron chi connectivity index (χ3n) is 3.55. The van der Waals surface area contributed by atoms with Crippen LogP contribution in [0.25, 0.3) is 17.0 Å². The molecule has 0 bridgehead atoms. The predicted octanol–water partition coefficient (Wildman–Crippen LogP) is 1.80. The zero-order valence-corrected chi connectivity index (χ0v) is 13.2. The van der Waals surface area contributed by atoms with E-state index in [0.717, 1.165) is 0 Å². The van der Waals surface area contributed by atoms with Crippen molar-refractivity contribution in [3.05, 3.63) is 55.0 Å². The number of nitrogens with zero attached hydrogens (tertiary/aromatic N) is 5. The lowest BCUT2D eigenvalue weighted by Crippen LogP contribution is -2.16. The normalized spacial score (nSPS) is 10.8. The molecule has 9 nitrogen and oxygen atoms in total. The number of pyridine rings is 1. The molecule has 0 unspecified atom stereocenters. The van der Waals surface area contributed by atoms with Crippen molar-refractivity contribution in [1.29, 1.82) is 0 Å². The Morgan fingerprint density at radius 1 is 1.28 bits per heavy atom. The molecule has 4 heterocycles. The minimum atomic E-state index is -0.372. The molecular formula is C16H13N7O2. The van der Waals surface area contributed by atoms with Gasteiger partial charge in [0, 0.05) is 24.7 Å². The number of aromatic nitrogens is 6. The number of ether oxygens (including phenoxy) is 1. The SMILES string of the molecule is COc1ccc(NC(=O)c2nc(-n3ccnc3)nc3cc[nH]c23)cn1. The molecule has 4 aromatic heterocycles. The Morgan fingerprint density at radius 3 is 2.92 bits per heavy atom. The molecule has 0 saturated heterocycles. The van der Waals surface area contributed by atoms with Crippen molar-refractivity contribution in [2.24, 2.45) is 0 Å². The summed E-state index contributed by atoms with van der Waals surface area (Å²) >= 11 is 0. The van der Waals surface area contributed by atoms with Crippen LogP contribution in [0.4, 0.5) is 5.69 Å². The minimum absolute atomic E-state index is 0.231. The zero-order chi connectivity index (χ0) is 17.2. The predicted molar refractivity (Wildman–Crippen MR) is 89.8 cm³/mol. The Morgan fingerprint density at radius 2 is 2.20 bits per heavy atom. The fourth-order valence-corrected chi connectivity index (χ4v) is 2.36. The van der Waals surface area contributed by atoms with E-state index < -0.39 is 0 Å². The number of nitrogens with one attached hydrogen (secondary N) is 2. The maximum absolute atomic E-state index is 12.7. The Bertz CT molecular complexity index is 1020. The topological polar surface area (TPSA) is 111 Å². The first-order chi connectivity index (χ1) is 12.2. The number of amides is 1. The van der Waals surface area contributed by atoms with Gasteiger partial charge in [-0.15, -0.1) is 0 Å². The monoisotopic (exact) mass is 335 g/mol. The van der Waals surface area contributed by atoms with Gasteiger partial charge in [0.25, 0.3) is 5.91 Å². The van der Waals surface area contributed by atoms with Gasteiger partial charge in [0.2, 0.25) is 11.8 Å². The van der Waals surface area contributed by atoms with Gasteiger partial charge in [-0.1, -0.05) is 0 Å². The van der Waals surface area contributed by atoms with Gasteiger partial charge in [-0.3, -0.25) is 9.36 Å². The molecule has 1 amide bonds. The van der Waals surface area contributed by atoms with Gasteiger partial charge in [-0.05, 0) is 12.1 Å². The maximum atomic E-state index is 12.7. The summed E-state index contributed by atoms with van der Waals surface area (Å²) in [6, 6.07) is 5.15. The molecule has 0 atom stereocenters. The van der Waals surface area contributed by atoms with E-state index in [4.69, 9.17) is 4.74 Å². The Hall–Kier alpha value is -3.75. The third kappa shape index (κ3) is 2.78. The Balaban J connectivity index is 1.71. The van der Waals surface area contributed by atoms with Crippen molar-refractivity contribution in [2.45, 2.75) is 0 Å². The van der Waals surface area contributed by atoms with E-state index in [1.54, 1.807) is 47.7 Å². The molecule has 0 aromatic carbocycles. The minimum Gasteiger partial charge on any atom is -0.481 e. The summed E-state index contributed by atoms with van der Waals surface area (Å²) in [6.07, 6.45) is 8.13. The van der Waals surface area contributed by atoms with Crippen LogP contribution in [-0.2, 0) is 0 Å². The highest BCUT2D eigenvalue weighted by Gasteiger charge is 2.17. The third-order valence-corrected chi connectivity index (χ3v) is 3.55. The Kier molecular flexibility index (Phi) is 3.58. The van der Waals surface area contributed by atoms with Gasteiger partial charge in [-0.2, -0.15) is 0 Å². The lowest BCUT2D eigenvalue weighted by Gasteiger charge is -2.08. The summed E-state index contributed by atoms with van der Waals surface area (Å²) in [4.78, 5) is 32.5. The molecule has 2 N–H and O–H groups in total. The van der Waals surface area contributed by atoms with E-state index in [-0.39, 0.29) is 11.6 Å². The van der Waals surface area contributed by atoms with Gasteiger partial charge >= 0.3 is 0 Å². The van der Waals surface area contributed by atoms with Crippen molar-refractivity contribution in [3.8, 4) is 11.8 Å². The van der Waals surface area contributed by atoms with Crippen LogP contribution < -0.4 is 10.1 Å². The van der Waals surface area contributed by atoms with E-state index in [9.17, 15) is 4.79 Å². The number of H-pyrrole nitrogens is 1. The molecule has 0 aliphatic rings. The summed E-state index contributed by atoms with van der Waals surface area (Å²) in [6.45, 7) is 0. The average molecular weight is 335 g/mol. The van der Waals surface area contributed by atoms with Crippen molar-refractivity contribution in [3.63, 3.8) is 0 Å². The summed E-state index contributed by atoms with van der Waals surface area (Å²) in [7, 11) is 1.53. The van der Waals surface area contributed by atoms with E-state index in [1.807, 2.05) is 0 Å². The molecule has 0 aliphatic heterocycles. The van der Waals surface area contributed by atoms with Gasteiger partial charge in [0.05, 0.1) is 30.0 Å². The summed E-state index contributed by atoms with van der Waals surface area (Å²) in [5.41, 5.74) is 1.96. The molecule has 9 heteroatoms. The van der Waals surface area contributed by atoms with Crippen LogP contribution in [-0.4, -0.2) is 42.5 Å². The zero-order valence-electron chi connectivity index (χ0n) is 13.2. The number of methoxy groups -OCH3 is 1. The number of imidazole rings is 1. The summed E-state index contributed by atoms with van der Waals surface area (Å²) in [5.74, 6) is 0.458. The number of fused-ring (bicyclic) bond motifs is 1. The highest BCUT2D eigenvalue weighted by Crippen LogP contribution is 2.18. The number of rotatable bonds is 4. The molecule has 0 radical (unpaired) electrons. The van der Waals surface area contributed by atoms with Crippen molar-refractivity contribution < 1.29 is 9.53 Å². The first kappa shape index (κ1) is 14.8. The van der Waals surface area contributed by atoms with E-state index in [0.29, 0.717) is 28.5 Å². The smallest absolute Gasteiger partial charge is 0.276 e. The molecule has 124 valence electrons. The number of anilines is 1. The molecular weight excluding hydrogens is 322 g/mol. The lowest BCUT2D eigenvalue weighted by atomic mass is 10.3. The second-order valence-corrected chi connectivity index (χ2v) is 5.12. The van der Waals surface area contributed by atoms with Gasteiger partial charge in [0.1, 0.15) is 6.33 Å². The molecule has 0 saturated carbocycles. The highest BCUT2D eigenvalue weighted by atomic mass is 16.5. The molecule has 0 spiro atoms. The largest absolute Gasteiger partial charge is 0.481 e. The number of carbonyl (C=O) groups is 1. The lowest BCUT2D eigenvalue weighted by molar-refractivity contribution is 0.102. The second kappa shape index (κ2) is 6.04. The van der Waals surface area contributed by atoms with Gasteiger partial charge < -0.3 is 15.0 Å². The number of carbonyl (C=O) groups excluding carboxylic acids is 1. The first-order valence-electron chi connectivity index (χ1n) is 7.39. The van der Waals surface area contributed by atoms with Crippen LogP contribution >= 0.6 is 0 Å². The van der Waals surface area contributed by atoms with Crippen molar-refractivity contribution in [1.82, 2.24) is 29.5 Å². The number of hydrogen-bond acceptors (Lipinski definition) is 6. The Labute approximate surface area is 141 Å². The van der Waals surface area contributed by atoms with E-state index >= 15 is 0 Å². The fraction of sp³-hybridized carbons (Fsp3) is 0.0625. The van der Waals surface area contributed by atoms with Crippen LogP contribution in [0, 0.1) is 0 Å². The van der Waals surface area contributed by atoms with Gasteiger partial charge in [-0.25, -0.2) is 19.9 Å². The highest BCUT2D eigenvalue weighted by molar-refractivity contribution is 6.10. The van der Waals surface area contributed by atoms with Crippen LogP contribution in [0.2, 0.25) is 0 Å². The van der Waals surface area contributed by atoms with Gasteiger partial charge in [0.15, 0.2) is 5.69 Å². The van der Waals surface area contributed by atoms with Crippen LogP contribution in [0.5, 0.6) is 5.88 Å². The number of aromatic amines is 1. The molecule has 25 heavy (non-hydrogen) atoms. The standard InChI is InChI=1S/C16H13N7O2/c1-25-12-3-2-10(8-19-12)20-15(24)14-13-11(4-5-18-13)21-16(22-14)23-7-6-17-9-23/h2-9,18H,1H3,(H,20,24). The number of hydrogen-bond donors (Lipinski definition) is 2. The maximum Gasteiger partial charge on any atom is 0.276 e. The van der Waals surface area contributed by atoms with E-state index in [2.05, 4.69) is 30.2 Å². The van der Waals surface area contributed by atoms with Crippen molar-refractivity contribution >= 4 is 22.6 Å². The molecule has 4 aromatic rings. The summed E-state index contributed by atoms with van der Waals surface area (Å²) in [5, 5.41) is 2.77. The fourth-order valence-electron chi connectivity index (χ4n) is 2.36. The van der Waals surface area contributed by atoms with Crippen molar-refractivity contribution in [2.75, 3.05) is 12.4 Å². The molecule has 0 fully saturated rings. The first-order valence-corrected chi connectivity index (χ1v) is 7.39. The van der Waals surface area contributed by atoms with Crippen LogP contribution in [0.1, 0.15) is 10.5 Å². The molecule has 0 aliphatic carbocycles. The quantitative estimate of drug-likeness (QED) is 0.588. The molecule has 4 rings (SSSR count). The summed E-state index contributed by atoms with van der Waals surface area (Å²) < 4.78 is 6.64. The second-order valence-electron chi connectivity index (χ2n) is 5.12. The van der Waals surface area contributed by atoms with Crippen LogP contribution in [0.15, 0.2) is 49.3 Å².